The Morgan fingerprint density at radius 2 is 2.00 bits per heavy atom. The van der Waals surface area contributed by atoms with Gasteiger partial charge in [-0.1, -0.05) is 43.7 Å². The molecule has 1 atom stereocenters. The van der Waals surface area contributed by atoms with Gasteiger partial charge in [-0.05, 0) is 24.8 Å². The topological polar surface area (TPSA) is 26.3 Å². The van der Waals surface area contributed by atoms with Gasteiger partial charge in [-0.2, -0.15) is 0 Å². The molecule has 0 saturated carbocycles. The summed E-state index contributed by atoms with van der Waals surface area (Å²) in [6.07, 6.45) is 6.05. The van der Waals surface area contributed by atoms with Crippen LogP contribution in [-0.2, 0) is 16.1 Å². The number of hydrogen-bond acceptors (Lipinski definition) is 2. The van der Waals surface area contributed by atoms with Gasteiger partial charge in [0, 0.05) is 6.42 Å². The first-order valence-electron chi connectivity index (χ1n) is 6.46. The summed E-state index contributed by atoms with van der Waals surface area (Å²) in [4.78, 5) is 10.3. The van der Waals surface area contributed by atoms with E-state index in [-0.39, 0.29) is 0 Å². The van der Waals surface area contributed by atoms with Crippen LogP contribution in [0.15, 0.2) is 30.3 Å². The molecule has 17 heavy (non-hydrogen) atoms. The van der Waals surface area contributed by atoms with Crippen LogP contribution in [0.25, 0.3) is 0 Å². The lowest BCUT2D eigenvalue weighted by molar-refractivity contribution is -0.108. The molecule has 0 radical (unpaired) electrons. The van der Waals surface area contributed by atoms with E-state index >= 15 is 0 Å². The molecule has 0 fully saturated rings. The third-order valence-electron chi connectivity index (χ3n) is 2.79. The van der Waals surface area contributed by atoms with Gasteiger partial charge in [0.25, 0.3) is 0 Å². The highest BCUT2D eigenvalue weighted by atomic mass is 16.5. The SMILES string of the molecule is CCCC(CCCC=O)OCc1ccccc1. The average Bonchev–Trinajstić information content (AvgIpc) is 2.37. The summed E-state index contributed by atoms with van der Waals surface area (Å²) in [6.45, 7) is 2.84. The van der Waals surface area contributed by atoms with E-state index in [1.165, 1.54) is 5.56 Å². The summed E-state index contributed by atoms with van der Waals surface area (Å²) in [7, 11) is 0. The minimum absolute atomic E-state index is 0.292. The van der Waals surface area contributed by atoms with E-state index in [0.29, 0.717) is 19.1 Å². The number of rotatable bonds is 9. The van der Waals surface area contributed by atoms with Crippen molar-refractivity contribution in [2.45, 2.75) is 51.7 Å². The van der Waals surface area contributed by atoms with Gasteiger partial charge in [0.15, 0.2) is 0 Å². The molecule has 0 aromatic heterocycles. The molecule has 0 amide bonds. The fourth-order valence-corrected chi connectivity index (χ4v) is 1.85. The van der Waals surface area contributed by atoms with E-state index in [2.05, 4.69) is 19.1 Å². The van der Waals surface area contributed by atoms with E-state index in [9.17, 15) is 4.79 Å². The molecule has 0 aliphatic carbocycles. The minimum Gasteiger partial charge on any atom is -0.374 e. The summed E-state index contributed by atoms with van der Waals surface area (Å²) in [5.74, 6) is 0. The first-order valence-corrected chi connectivity index (χ1v) is 6.46. The van der Waals surface area contributed by atoms with Gasteiger partial charge in [0.2, 0.25) is 0 Å². The highest BCUT2D eigenvalue weighted by Gasteiger charge is 2.07. The fourth-order valence-electron chi connectivity index (χ4n) is 1.85. The molecule has 1 aromatic carbocycles. The third kappa shape index (κ3) is 6.22. The fraction of sp³-hybridized carbons (Fsp3) is 0.533. The number of benzene rings is 1. The summed E-state index contributed by atoms with van der Waals surface area (Å²) < 4.78 is 5.90. The lowest BCUT2D eigenvalue weighted by atomic mass is 10.1. The Balaban J connectivity index is 2.30. The molecule has 2 nitrogen and oxygen atoms in total. The van der Waals surface area contributed by atoms with Gasteiger partial charge in [-0.25, -0.2) is 0 Å². The molecule has 0 bridgehead atoms. The molecule has 0 saturated heterocycles. The van der Waals surface area contributed by atoms with Gasteiger partial charge in [-0.15, -0.1) is 0 Å². The van der Waals surface area contributed by atoms with Gasteiger partial charge in [0.1, 0.15) is 6.29 Å². The molecule has 0 spiro atoms. The van der Waals surface area contributed by atoms with Gasteiger partial charge >= 0.3 is 0 Å². The first kappa shape index (κ1) is 13.9. The van der Waals surface area contributed by atoms with E-state index in [0.717, 1.165) is 32.0 Å². The predicted octanol–water partition coefficient (Wildman–Crippen LogP) is 3.74. The number of carbonyl (C=O) groups is 1. The van der Waals surface area contributed by atoms with E-state index in [4.69, 9.17) is 4.74 Å². The van der Waals surface area contributed by atoms with Crippen LogP contribution in [0.5, 0.6) is 0 Å². The Kier molecular flexibility index (Phi) is 7.32. The van der Waals surface area contributed by atoms with Crippen LogP contribution in [0, 0.1) is 0 Å². The second-order valence-corrected chi connectivity index (χ2v) is 4.30. The van der Waals surface area contributed by atoms with Crippen molar-refractivity contribution < 1.29 is 9.53 Å². The molecule has 1 rings (SSSR count). The van der Waals surface area contributed by atoms with Crippen LogP contribution in [0.2, 0.25) is 0 Å². The number of unbranched alkanes of at least 4 members (excludes halogenated alkanes) is 1. The highest BCUT2D eigenvalue weighted by molar-refractivity contribution is 5.48. The summed E-state index contributed by atoms with van der Waals surface area (Å²) in [5.41, 5.74) is 1.21. The molecule has 0 N–H and O–H groups in total. The second kappa shape index (κ2) is 8.94. The first-order chi connectivity index (χ1) is 8.36. The maximum Gasteiger partial charge on any atom is 0.119 e. The van der Waals surface area contributed by atoms with Gasteiger partial charge < -0.3 is 9.53 Å². The minimum atomic E-state index is 0.292. The molecule has 2 heteroatoms. The lowest BCUT2D eigenvalue weighted by Gasteiger charge is -2.16. The van der Waals surface area contributed by atoms with Crippen molar-refractivity contribution in [3.63, 3.8) is 0 Å². The van der Waals surface area contributed by atoms with Crippen molar-refractivity contribution in [3.8, 4) is 0 Å². The second-order valence-electron chi connectivity index (χ2n) is 4.30. The molecule has 0 aliphatic heterocycles. The van der Waals surface area contributed by atoms with Gasteiger partial charge in [-0.3, -0.25) is 0 Å². The number of carbonyl (C=O) groups excluding carboxylic acids is 1. The third-order valence-corrected chi connectivity index (χ3v) is 2.79. The molecule has 1 aromatic rings. The van der Waals surface area contributed by atoms with Crippen molar-refractivity contribution in [1.29, 1.82) is 0 Å². The Hall–Kier alpha value is -1.15. The standard InChI is InChI=1S/C15H22O2/c1-2-8-15(11-6-7-12-16)17-13-14-9-4-3-5-10-14/h3-5,9-10,12,15H,2,6-8,11,13H2,1H3. The molecular formula is C15H22O2. The van der Waals surface area contributed by atoms with Crippen LogP contribution in [0.4, 0.5) is 0 Å². The van der Waals surface area contributed by atoms with Crippen LogP contribution >= 0.6 is 0 Å². The predicted molar refractivity (Wildman–Crippen MR) is 69.8 cm³/mol. The van der Waals surface area contributed by atoms with Crippen LogP contribution in [-0.4, -0.2) is 12.4 Å². The summed E-state index contributed by atoms with van der Waals surface area (Å²) in [6, 6.07) is 10.2. The number of hydrogen-bond donors (Lipinski definition) is 0. The van der Waals surface area contributed by atoms with E-state index in [1.54, 1.807) is 0 Å². The largest absolute Gasteiger partial charge is 0.374 e. The van der Waals surface area contributed by atoms with Crippen molar-refractivity contribution >= 4 is 6.29 Å². The quantitative estimate of drug-likeness (QED) is 0.480. The van der Waals surface area contributed by atoms with Crippen LogP contribution < -0.4 is 0 Å². The lowest BCUT2D eigenvalue weighted by Crippen LogP contribution is -2.12. The zero-order valence-corrected chi connectivity index (χ0v) is 10.6. The number of aldehydes is 1. The van der Waals surface area contributed by atoms with Crippen LogP contribution in [0.1, 0.15) is 44.6 Å². The zero-order chi connectivity index (χ0) is 12.3. The Morgan fingerprint density at radius 3 is 2.65 bits per heavy atom. The Bertz CT molecular complexity index is 295. The number of ether oxygens (including phenoxy) is 1. The smallest absolute Gasteiger partial charge is 0.119 e. The zero-order valence-electron chi connectivity index (χ0n) is 10.6. The van der Waals surface area contributed by atoms with Crippen LogP contribution in [0.3, 0.4) is 0 Å². The van der Waals surface area contributed by atoms with Gasteiger partial charge in [0.05, 0.1) is 12.7 Å². The molecule has 94 valence electrons. The maximum absolute atomic E-state index is 10.3. The Labute approximate surface area is 104 Å². The van der Waals surface area contributed by atoms with Crippen molar-refractivity contribution in [3.05, 3.63) is 35.9 Å². The van der Waals surface area contributed by atoms with Crippen molar-refractivity contribution in [2.75, 3.05) is 0 Å². The molecular weight excluding hydrogens is 212 g/mol. The van der Waals surface area contributed by atoms with Crippen molar-refractivity contribution in [1.82, 2.24) is 0 Å². The normalized spacial score (nSPS) is 12.3. The summed E-state index contributed by atoms with van der Waals surface area (Å²) in [5, 5.41) is 0. The molecule has 0 heterocycles. The maximum atomic E-state index is 10.3. The summed E-state index contributed by atoms with van der Waals surface area (Å²) >= 11 is 0. The van der Waals surface area contributed by atoms with E-state index in [1.807, 2.05) is 18.2 Å². The van der Waals surface area contributed by atoms with E-state index < -0.39 is 0 Å². The Morgan fingerprint density at radius 1 is 1.24 bits per heavy atom. The molecule has 1 unspecified atom stereocenters. The average molecular weight is 234 g/mol. The monoisotopic (exact) mass is 234 g/mol. The molecule has 0 aliphatic rings. The van der Waals surface area contributed by atoms with Crippen molar-refractivity contribution in [2.24, 2.45) is 0 Å². The highest BCUT2D eigenvalue weighted by Crippen LogP contribution is 2.13.